The van der Waals surface area contributed by atoms with Gasteiger partial charge in [-0.2, -0.15) is 0 Å². The zero-order valence-electron chi connectivity index (χ0n) is 13.6. The van der Waals surface area contributed by atoms with E-state index in [-0.39, 0.29) is 11.7 Å². The summed E-state index contributed by atoms with van der Waals surface area (Å²) in [6.07, 6.45) is 7.49. The lowest BCUT2D eigenvalue weighted by atomic mass is 9.89. The molecule has 1 atom stereocenters. The molecule has 1 saturated carbocycles. The Hall–Kier alpha value is -1.37. The summed E-state index contributed by atoms with van der Waals surface area (Å²) in [7, 11) is 0. The lowest BCUT2D eigenvalue weighted by Crippen LogP contribution is -2.04. The first-order valence-electron chi connectivity index (χ1n) is 7.96. The summed E-state index contributed by atoms with van der Waals surface area (Å²) in [5, 5.41) is 0. The van der Waals surface area contributed by atoms with Gasteiger partial charge in [-0.15, -0.1) is 6.58 Å². The SMILES string of the molecule is C=CCC(C)C(=C)c1ccc(CCC2(C)CC2)c(C)c1F. The van der Waals surface area contributed by atoms with E-state index in [0.29, 0.717) is 11.0 Å². The molecule has 1 aromatic carbocycles. The van der Waals surface area contributed by atoms with Gasteiger partial charge in [0.15, 0.2) is 0 Å². The number of allylic oxidation sites excluding steroid dienone is 2. The van der Waals surface area contributed by atoms with Crippen molar-refractivity contribution in [3.8, 4) is 0 Å². The largest absolute Gasteiger partial charge is 0.206 e. The third-order valence-corrected chi connectivity index (χ3v) is 5.06. The van der Waals surface area contributed by atoms with Gasteiger partial charge in [-0.25, -0.2) is 4.39 Å². The predicted octanol–water partition coefficient (Wildman–Crippen LogP) is 6.09. The molecular weight excluding hydrogens is 259 g/mol. The Bertz CT molecular complexity index is 549. The van der Waals surface area contributed by atoms with Gasteiger partial charge in [-0.05, 0) is 67.1 Å². The predicted molar refractivity (Wildman–Crippen MR) is 89.8 cm³/mol. The standard InChI is InChI=1S/C20H27F/c1-6-7-14(2)15(3)18-9-8-17(16(4)19(18)21)10-11-20(5)12-13-20/h6,8-9,14H,1,3,7,10-13H2,2,4-5H3. The molecule has 0 nitrogen and oxygen atoms in total. The zero-order valence-corrected chi connectivity index (χ0v) is 13.6. The Labute approximate surface area is 128 Å². The highest BCUT2D eigenvalue weighted by molar-refractivity contribution is 5.66. The molecule has 1 aliphatic carbocycles. The van der Waals surface area contributed by atoms with Gasteiger partial charge in [0.05, 0.1) is 0 Å². The van der Waals surface area contributed by atoms with E-state index in [1.54, 1.807) is 0 Å². The van der Waals surface area contributed by atoms with Crippen molar-refractivity contribution in [2.75, 3.05) is 0 Å². The number of rotatable bonds is 7. The molecule has 0 amide bonds. The minimum absolute atomic E-state index is 0.0886. The fourth-order valence-electron chi connectivity index (χ4n) is 2.80. The Morgan fingerprint density at radius 2 is 2.10 bits per heavy atom. The quantitative estimate of drug-likeness (QED) is 0.532. The molecule has 0 bridgehead atoms. The normalized spacial score (nSPS) is 17.3. The van der Waals surface area contributed by atoms with Gasteiger partial charge in [-0.3, -0.25) is 0 Å². The van der Waals surface area contributed by atoms with Crippen molar-refractivity contribution in [3.63, 3.8) is 0 Å². The summed E-state index contributed by atoms with van der Waals surface area (Å²) >= 11 is 0. The third kappa shape index (κ3) is 3.64. The molecule has 0 aliphatic heterocycles. The fourth-order valence-corrected chi connectivity index (χ4v) is 2.80. The molecule has 1 aromatic rings. The number of hydrogen-bond acceptors (Lipinski definition) is 0. The highest BCUT2D eigenvalue weighted by Crippen LogP contribution is 2.48. The van der Waals surface area contributed by atoms with Crippen molar-refractivity contribution in [3.05, 3.63) is 53.9 Å². The summed E-state index contributed by atoms with van der Waals surface area (Å²) in [6, 6.07) is 4.00. The Balaban J connectivity index is 2.16. The molecule has 0 spiro atoms. The Morgan fingerprint density at radius 3 is 2.67 bits per heavy atom. The van der Waals surface area contributed by atoms with Crippen LogP contribution in [0.4, 0.5) is 4.39 Å². The van der Waals surface area contributed by atoms with Crippen molar-refractivity contribution in [1.82, 2.24) is 0 Å². The minimum Gasteiger partial charge on any atom is -0.206 e. The maximum absolute atomic E-state index is 14.7. The molecule has 0 saturated heterocycles. The van der Waals surface area contributed by atoms with Gasteiger partial charge in [0.2, 0.25) is 0 Å². The fraction of sp³-hybridized carbons (Fsp3) is 0.500. The summed E-state index contributed by atoms with van der Waals surface area (Å²) in [5.74, 6) is 0.141. The summed E-state index contributed by atoms with van der Waals surface area (Å²) in [6.45, 7) is 14.1. The van der Waals surface area contributed by atoms with E-state index in [9.17, 15) is 4.39 Å². The van der Waals surface area contributed by atoms with Crippen LogP contribution in [0.1, 0.15) is 56.2 Å². The van der Waals surface area contributed by atoms with Crippen molar-refractivity contribution < 1.29 is 4.39 Å². The lowest BCUT2D eigenvalue weighted by Gasteiger charge is -2.17. The van der Waals surface area contributed by atoms with E-state index < -0.39 is 0 Å². The van der Waals surface area contributed by atoms with Crippen LogP contribution in [-0.2, 0) is 6.42 Å². The molecule has 0 aromatic heterocycles. The van der Waals surface area contributed by atoms with E-state index in [4.69, 9.17) is 0 Å². The van der Waals surface area contributed by atoms with Crippen molar-refractivity contribution in [1.29, 1.82) is 0 Å². The molecule has 1 aliphatic rings. The second-order valence-corrected chi connectivity index (χ2v) is 6.97. The van der Waals surface area contributed by atoms with Crippen LogP contribution in [-0.4, -0.2) is 0 Å². The van der Waals surface area contributed by atoms with Gasteiger partial charge in [-0.1, -0.05) is 38.6 Å². The van der Waals surface area contributed by atoms with Crippen LogP contribution in [0, 0.1) is 24.1 Å². The topological polar surface area (TPSA) is 0 Å². The van der Waals surface area contributed by atoms with Crippen molar-refractivity contribution in [2.45, 2.75) is 52.9 Å². The molecular formula is C20H27F. The Morgan fingerprint density at radius 1 is 1.43 bits per heavy atom. The molecule has 0 heterocycles. The van der Waals surface area contributed by atoms with E-state index >= 15 is 0 Å². The third-order valence-electron chi connectivity index (χ3n) is 5.06. The molecule has 2 rings (SSSR count). The van der Waals surface area contributed by atoms with Crippen LogP contribution in [0.3, 0.4) is 0 Å². The first-order valence-corrected chi connectivity index (χ1v) is 7.96. The first kappa shape index (κ1) is 16.0. The number of aryl methyl sites for hydroxylation is 1. The monoisotopic (exact) mass is 286 g/mol. The average Bonchev–Trinajstić information content (AvgIpc) is 3.18. The summed E-state index contributed by atoms with van der Waals surface area (Å²) in [5.41, 5.74) is 4.00. The molecule has 1 unspecified atom stereocenters. The number of hydrogen-bond donors (Lipinski definition) is 0. The Kier molecular flexibility index (Phi) is 4.70. The summed E-state index contributed by atoms with van der Waals surface area (Å²) in [4.78, 5) is 0. The van der Waals surface area contributed by atoms with Gasteiger partial charge in [0.25, 0.3) is 0 Å². The van der Waals surface area contributed by atoms with Gasteiger partial charge >= 0.3 is 0 Å². The zero-order chi connectivity index (χ0) is 15.6. The van der Waals surface area contributed by atoms with Crippen LogP contribution >= 0.6 is 0 Å². The molecule has 114 valence electrons. The lowest BCUT2D eigenvalue weighted by molar-refractivity contribution is 0.515. The second-order valence-electron chi connectivity index (χ2n) is 6.97. The van der Waals surface area contributed by atoms with Gasteiger partial charge in [0.1, 0.15) is 5.82 Å². The van der Waals surface area contributed by atoms with E-state index in [2.05, 4.69) is 33.1 Å². The maximum Gasteiger partial charge on any atom is 0.133 e. The second kappa shape index (κ2) is 6.17. The number of benzene rings is 1. The highest BCUT2D eigenvalue weighted by Gasteiger charge is 2.36. The van der Waals surface area contributed by atoms with Gasteiger partial charge in [0, 0.05) is 5.56 Å². The molecule has 1 fully saturated rings. The molecule has 21 heavy (non-hydrogen) atoms. The van der Waals surface area contributed by atoms with E-state index in [0.717, 1.165) is 29.5 Å². The van der Waals surface area contributed by atoms with Crippen LogP contribution in [0.25, 0.3) is 5.57 Å². The average molecular weight is 286 g/mol. The minimum atomic E-state index is -0.0886. The van der Waals surface area contributed by atoms with Crippen LogP contribution in [0.2, 0.25) is 0 Å². The highest BCUT2D eigenvalue weighted by atomic mass is 19.1. The smallest absolute Gasteiger partial charge is 0.133 e. The van der Waals surface area contributed by atoms with Crippen LogP contribution in [0.5, 0.6) is 0 Å². The van der Waals surface area contributed by atoms with Gasteiger partial charge < -0.3 is 0 Å². The van der Waals surface area contributed by atoms with E-state index in [1.165, 1.54) is 19.3 Å². The van der Waals surface area contributed by atoms with E-state index in [1.807, 2.05) is 19.1 Å². The molecule has 1 heteroatoms. The molecule has 0 radical (unpaired) electrons. The first-order chi connectivity index (χ1) is 9.88. The van der Waals surface area contributed by atoms with Crippen molar-refractivity contribution in [2.24, 2.45) is 11.3 Å². The maximum atomic E-state index is 14.7. The summed E-state index contributed by atoms with van der Waals surface area (Å²) < 4.78 is 14.7. The van der Waals surface area contributed by atoms with Crippen molar-refractivity contribution >= 4 is 5.57 Å². The van der Waals surface area contributed by atoms with Crippen LogP contribution < -0.4 is 0 Å². The van der Waals surface area contributed by atoms with Crippen LogP contribution in [0.15, 0.2) is 31.4 Å². The molecule has 0 N–H and O–H groups in total. The number of halogens is 1.